The Bertz CT molecular complexity index is 2110. The van der Waals surface area contributed by atoms with Crippen molar-refractivity contribution < 1.29 is 80.2 Å². The largest absolute Gasteiger partial charge is 0.472 e. The molecule has 0 aromatic heterocycles. The van der Waals surface area contributed by atoms with Gasteiger partial charge in [-0.15, -0.1) is 0 Å². The number of rotatable bonds is 83. The molecule has 0 saturated heterocycles. The van der Waals surface area contributed by atoms with Crippen molar-refractivity contribution in [3.05, 3.63) is 24.3 Å². The number of ether oxygens (including phenoxy) is 4. The van der Waals surface area contributed by atoms with E-state index in [1.165, 1.54) is 225 Å². The number of allylic oxidation sites excluding steroid dienone is 4. The van der Waals surface area contributed by atoms with Crippen LogP contribution in [-0.4, -0.2) is 96.7 Å². The highest BCUT2D eigenvalue weighted by Crippen LogP contribution is 2.45. The van der Waals surface area contributed by atoms with Crippen molar-refractivity contribution in [2.75, 3.05) is 39.6 Å². The lowest BCUT2D eigenvalue weighted by Crippen LogP contribution is -2.30. The van der Waals surface area contributed by atoms with E-state index in [2.05, 4.69) is 65.8 Å². The molecule has 0 saturated carbocycles. The minimum atomic E-state index is -4.97. The summed E-state index contributed by atoms with van der Waals surface area (Å²) in [6, 6.07) is 0. The smallest absolute Gasteiger partial charge is 0.462 e. The number of hydrogen-bond donors (Lipinski definition) is 3. The third-order valence-electron chi connectivity index (χ3n) is 19.9. The van der Waals surface area contributed by atoms with Gasteiger partial charge in [-0.25, -0.2) is 9.13 Å². The number of aliphatic hydroxyl groups excluding tert-OH is 1. The lowest BCUT2D eigenvalue weighted by atomic mass is 9.99. The molecule has 0 radical (unpaired) electrons. The second-order valence-electron chi connectivity index (χ2n) is 31.0. The molecule has 0 aliphatic carbocycles. The fourth-order valence-electron chi connectivity index (χ4n) is 12.8. The van der Waals surface area contributed by atoms with Crippen LogP contribution in [0, 0.1) is 11.8 Å². The van der Waals surface area contributed by atoms with Gasteiger partial charge in [0.25, 0.3) is 0 Å². The Hall–Kier alpha value is -2.46. The van der Waals surface area contributed by atoms with Gasteiger partial charge in [0.15, 0.2) is 12.2 Å². The maximum Gasteiger partial charge on any atom is 0.472 e. The summed E-state index contributed by atoms with van der Waals surface area (Å²) in [7, 11) is -9.93. The van der Waals surface area contributed by atoms with Crippen LogP contribution in [0.1, 0.15) is 433 Å². The van der Waals surface area contributed by atoms with Crippen molar-refractivity contribution in [2.24, 2.45) is 11.8 Å². The van der Waals surface area contributed by atoms with Crippen LogP contribution < -0.4 is 0 Å². The van der Waals surface area contributed by atoms with Gasteiger partial charge in [0.2, 0.25) is 0 Å². The number of aliphatic hydroxyl groups is 1. The second-order valence-corrected chi connectivity index (χ2v) is 33.9. The number of phosphoric acid groups is 2. The molecule has 0 bridgehead atoms. The molecular weight excluding hydrogens is 1370 g/mol. The molecule has 0 aromatic rings. The van der Waals surface area contributed by atoms with Gasteiger partial charge in [-0.05, 0) is 63.2 Å². The fraction of sp³-hybridized carbons (Fsp3) is 0.907. The van der Waals surface area contributed by atoms with Crippen LogP contribution in [0.3, 0.4) is 0 Å². The lowest BCUT2D eigenvalue weighted by molar-refractivity contribution is -0.161. The molecule has 3 N–H and O–H groups in total. The van der Waals surface area contributed by atoms with Crippen molar-refractivity contribution in [3.63, 3.8) is 0 Å². The highest BCUT2D eigenvalue weighted by atomic mass is 31.2. The zero-order valence-electron chi connectivity index (χ0n) is 68.5. The van der Waals surface area contributed by atoms with E-state index >= 15 is 0 Å². The molecule has 105 heavy (non-hydrogen) atoms. The van der Waals surface area contributed by atoms with Crippen molar-refractivity contribution >= 4 is 39.5 Å². The number of carbonyl (C=O) groups excluding carboxylic acids is 4. The third kappa shape index (κ3) is 78.0. The van der Waals surface area contributed by atoms with Crippen LogP contribution in [0.25, 0.3) is 0 Å². The van der Waals surface area contributed by atoms with Crippen molar-refractivity contribution in [1.82, 2.24) is 0 Å². The lowest BCUT2D eigenvalue weighted by Gasteiger charge is -2.21. The molecule has 620 valence electrons. The molecule has 0 spiro atoms. The van der Waals surface area contributed by atoms with Gasteiger partial charge in [-0.3, -0.25) is 37.3 Å². The molecule has 0 heterocycles. The summed E-state index contributed by atoms with van der Waals surface area (Å²) in [5, 5.41) is 10.6. The Morgan fingerprint density at radius 2 is 0.562 bits per heavy atom. The Morgan fingerprint density at radius 3 is 0.857 bits per heavy atom. The Balaban J connectivity index is 5.18. The standard InChI is InChI=1S/C86H164O17P2/c1-7-10-12-14-16-17-18-19-28-36-41-46-52-58-64-70-85(90)102-81(74-96-83(88)68-62-56-48-15-13-11-8-2)76-100-104(92,93)98-72-80(87)73-99-105(94,95)101-77-82(75-97-84(89)69-63-57-51-45-40-35-31-26-22-20-24-29-33-38-43-49-54-60-66-78(4)5)103-86(91)71-65-59-53-47-42-37-32-27-23-21-25-30-34-39-44-50-55-61-67-79(6)9-3/h17-19,28,78-82,87H,7-16,20-27,29-77H2,1-6H3,(H,92,93)(H,94,95)/b18-17-,28-19-/t79?,80-,81+,82+/m0/s1. The number of unbranched alkanes of at least 4 members (excludes halogenated alkanes) is 49. The van der Waals surface area contributed by atoms with Crippen LogP contribution in [0.5, 0.6) is 0 Å². The number of phosphoric ester groups is 2. The summed E-state index contributed by atoms with van der Waals surface area (Å²) in [6.45, 7) is 9.65. The summed E-state index contributed by atoms with van der Waals surface area (Å²) < 4.78 is 68.7. The highest BCUT2D eigenvalue weighted by molar-refractivity contribution is 7.47. The average molecular weight is 1530 g/mol. The van der Waals surface area contributed by atoms with Gasteiger partial charge < -0.3 is 33.8 Å². The van der Waals surface area contributed by atoms with E-state index in [1.807, 2.05) is 0 Å². The first-order valence-electron chi connectivity index (χ1n) is 43.8. The quantitative estimate of drug-likeness (QED) is 0.0169. The zero-order chi connectivity index (χ0) is 77.1. The molecule has 0 aliphatic rings. The van der Waals surface area contributed by atoms with E-state index in [1.54, 1.807) is 0 Å². The van der Waals surface area contributed by atoms with Crippen LogP contribution in [0.15, 0.2) is 24.3 Å². The van der Waals surface area contributed by atoms with E-state index < -0.39 is 97.5 Å². The van der Waals surface area contributed by atoms with Crippen molar-refractivity contribution in [2.45, 2.75) is 452 Å². The number of esters is 4. The highest BCUT2D eigenvalue weighted by Gasteiger charge is 2.30. The maximum atomic E-state index is 13.1. The maximum absolute atomic E-state index is 13.1. The summed E-state index contributed by atoms with van der Waals surface area (Å²) in [6.07, 6.45) is 71.9. The summed E-state index contributed by atoms with van der Waals surface area (Å²) >= 11 is 0. The topological polar surface area (TPSA) is 237 Å². The monoisotopic (exact) mass is 1530 g/mol. The van der Waals surface area contributed by atoms with Gasteiger partial charge in [-0.2, -0.15) is 0 Å². The normalized spacial score (nSPS) is 14.2. The van der Waals surface area contributed by atoms with Crippen LogP contribution in [0.4, 0.5) is 0 Å². The molecule has 0 fully saturated rings. The predicted octanol–water partition coefficient (Wildman–Crippen LogP) is 25.8. The molecule has 0 aliphatic heterocycles. The molecule has 19 heteroatoms. The van der Waals surface area contributed by atoms with E-state index in [0.717, 1.165) is 127 Å². The molecule has 0 amide bonds. The second kappa shape index (κ2) is 76.9. The number of carbonyl (C=O) groups is 4. The first-order valence-corrected chi connectivity index (χ1v) is 46.8. The molecular formula is C86H164O17P2. The fourth-order valence-corrected chi connectivity index (χ4v) is 14.4. The van der Waals surface area contributed by atoms with Gasteiger partial charge in [0.05, 0.1) is 26.4 Å². The van der Waals surface area contributed by atoms with Gasteiger partial charge in [0, 0.05) is 25.7 Å². The average Bonchev–Trinajstić information content (AvgIpc) is 0.908. The number of hydrogen-bond acceptors (Lipinski definition) is 15. The van der Waals surface area contributed by atoms with E-state index in [4.69, 9.17) is 37.0 Å². The van der Waals surface area contributed by atoms with Crippen molar-refractivity contribution in [1.29, 1.82) is 0 Å². The van der Waals surface area contributed by atoms with Crippen LogP contribution in [0.2, 0.25) is 0 Å². The van der Waals surface area contributed by atoms with E-state index in [9.17, 15) is 43.2 Å². The summed E-state index contributed by atoms with van der Waals surface area (Å²) in [5.41, 5.74) is 0. The van der Waals surface area contributed by atoms with Crippen molar-refractivity contribution in [3.8, 4) is 0 Å². The predicted molar refractivity (Wildman–Crippen MR) is 432 cm³/mol. The molecule has 17 nitrogen and oxygen atoms in total. The van der Waals surface area contributed by atoms with Crippen LogP contribution in [-0.2, 0) is 65.4 Å². The zero-order valence-corrected chi connectivity index (χ0v) is 70.3. The Kier molecular flexibility index (Phi) is 75.1. The van der Waals surface area contributed by atoms with E-state index in [0.29, 0.717) is 25.7 Å². The first kappa shape index (κ1) is 103. The Morgan fingerprint density at radius 1 is 0.314 bits per heavy atom. The van der Waals surface area contributed by atoms with E-state index in [-0.39, 0.29) is 25.7 Å². The van der Waals surface area contributed by atoms with Gasteiger partial charge >= 0.3 is 39.5 Å². The molecule has 6 atom stereocenters. The summed E-state index contributed by atoms with van der Waals surface area (Å²) in [4.78, 5) is 73.0. The molecule has 3 unspecified atom stereocenters. The van der Waals surface area contributed by atoms with Gasteiger partial charge in [0.1, 0.15) is 19.3 Å². The first-order chi connectivity index (χ1) is 50.9. The van der Waals surface area contributed by atoms with Gasteiger partial charge in [-0.1, -0.05) is 380 Å². The minimum absolute atomic E-state index is 0.0849. The summed E-state index contributed by atoms with van der Waals surface area (Å²) in [5.74, 6) is -0.447. The Labute approximate surface area is 643 Å². The molecule has 0 rings (SSSR count). The third-order valence-corrected chi connectivity index (χ3v) is 21.8. The SMILES string of the molecule is CCCCCC/C=C\C=C/CCCCCCCC(=O)O[C@H](COC(=O)CCCCCCCCC)COP(=O)(O)OC[C@H](O)COP(=O)(O)OC[C@@H](COC(=O)CCCCCCCCCCCCCCCCCCCCC(C)C)OC(=O)CCCCCCCCCCCCCCCCCCCCC(C)CC. The minimum Gasteiger partial charge on any atom is -0.462 e. The molecule has 0 aromatic carbocycles. The van der Waals surface area contributed by atoms with Crippen LogP contribution >= 0.6 is 15.6 Å².